The van der Waals surface area contributed by atoms with Crippen molar-refractivity contribution in [2.45, 2.75) is 19.3 Å². The fourth-order valence-electron chi connectivity index (χ4n) is 1.58. The summed E-state index contributed by atoms with van der Waals surface area (Å²) in [6, 6.07) is 8.53. The quantitative estimate of drug-likeness (QED) is 0.846. The van der Waals surface area contributed by atoms with Crippen molar-refractivity contribution in [3.05, 3.63) is 48.2 Å². The van der Waals surface area contributed by atoms with Gasteiger partial charge in [-0.25, -0.2) is 4.98 Å². The zero-order chi connectivity index (χ0) is 13.2. The molecular weight excluding hydrogens is 231 g/mol. The minimum absolute atomic E-state index is 0.0190. The molecule has 0 saturated carbocycles. The van der Waals surface area contributed by atoms with Crippen LogP contribution < -0.4 is 0 Å². The number of hydrogen-bond acceptors (Lipinski definition) is 3. The van der Waals surface area contributed by atoms with Gasteiger partial charge >= 0.3 is 0 Å². The Balaban J connectivity index is 2.41. The molecule has 94 valence electrons. The molecule has 3 nitrogen and oxygen atoms in total. The van der Waals surface area contributed by atoms with Gasteiger partial charge in [-0.1, -0.05) is 19.9 Å². The smallest absolute Gasteiger partial charge is 0.212 e. The van der Waals surface area contributed by atoms with Gasteiger partial charge in [-0.15, -0.1) is 0 Å². The highest BCUT2D eigenvalue weighted by Crippen LogP contribution is 2.23. The monoisotopic (exact) mass is 246 g/mol. The second kappa shape index (κ2) is 4.82. The van der Waals surface area contributed by atoms with Gasteiger partial charge in [0.2, 0.25) is 5.95 Å². The van der Waals surface area contributed by atoms with Gasteiger partial charge < -0.3 is 5.11 Å². The average Bonchev–Trinajstić information content (AvgIpc) is 2.40. The lowest BCUT2D eigenvalue weighted by Gasteiger charge is -2.21. The Morgan fingerprint density at radius 1 is 1.22 bits per heavy atom. The highest BCUT2D eigenvalue weighted by atomic mass is 19.1. The predicted octanol–water partition coefficient (Wildman–Crippen LogP) is 2.55. The summed E-state index contributed by atoms with van der Waals surface area (Å²) in [5.41, 5.74) is 1.88. The van der Waals surface area contributed by atoms with Crippen LogP contribution in [0, 0.1) is 5.95 Å². The van der Waals surface area contributed by atoms with E-state index in [9.17, 15) is 9.50 Å². The molecular formula is C14H15FN2O. The molecule has 0 atom stereocenters. The van der Waals surface area contributed by atoms with Gasteiger partial charge in [0, 0.05) is 22.9 Å². The minimum atomic E-state index is -0.509. The molecule has 0 aliphatic rings. The Morgan fingerprint density at radius 2 is 2.00 bits per heavy atom. The van der Waals surface area contributed by atoms with Crippen LogP contribution in [0.5, 0.6) is 0 Å². The first-order valence-electron chi connectivity index (χ1n) is 5.73. The molecule has 2 aromatic rings. The van der Waals surface area contributed by atoms with E-state index in [1.807, 2.05) is 32.0 Å². The molecule has 4 heteroatoms. The Morgan fingerprint density at radius 3 is 2.61 bits per heavy atom. The van der Waals surface area contributed by atoms with Crippen molar-refractivity contribution in [1.82, 2.24) is 9.97 Å². The standard InChI is InChI=1S/C14H15FN2O/c1-14(2,9-18)12-5-3-4-11(17-12)10-6-7-13(15)16-8-10/h3-8,18H,9H2,1-2H3. The lowest BCUT2D eigenvalue weighted by molar-refractivity contribution is 0.215. The summed E-state index contributed by atoms with van der Waals surface area (Å²) >= 11 is 0. The number of rotatable bonds is 3. The summed E-state index contributed by atoms with van der Waals surface area (Å²) in [4.78, 5) is 8.10. The van der Waals surface area contributed by atoms with Crippen LogP contribution >= 0.6 is 0 Å². The number of hydrogen-bond donors (Lipinski definition) is 1. The van der Waals surface area contributed by atoms with Crippen molar-refractivity contribution in [3.8, 4) is 11.3 Å². The Hall–Kier alpha value is -1.81. The van der Waals surface area contributed by atoms with Crippen molar-refractivity contribution in [1.29, 1.82) is 0 Å². The summed E-state index contributed by atoms with van der Waals surface area (Å²) in [6.07, 6.45) is 1.45. The van der Waals surface area contributed by atoms with Gasteiger partial charge in [0.15, 0.2) is 0 Å². The fraction of sp³-hybridized carbons (Fsp3) is 0.286. The molecule has 0 aliphatic heterocycles. The van der Waals surface area contributed by atoms with Crippen LogP contribution in [-0.4, -0.2) is 21.7 Å². The van der Waals surface area contributed by atoms with Crippen molar-refractivity contribution in [2.24, 2.45) is 0 Å². The molecule has 0 radical (unpaired) electrons. The van der Waals surface area contributed by atoms with E-state index in [1.54, 1.807) is 6.07 Å². The van der Waals surface area contributed by atoms with Crippen molar-refractivity contribution in [2.75, 3.05) is 6.61 Å². The van der Waals surface area contributed by atoms with Gasteiger partial charge in [0.1, 0.15) is 0 Å². The van der Waals surface area contributed by atoms with Crippen LogP contribution in [-0.2, 0) is 5.41 Å². The van der Waals surface area contributed by atoms with Gasteiger partial charge in [0.05, 0.1) is 12.3 Å². The maximum atomic E-state index is 12.8. The zero-order valence-corrected chi connectivity index (χ0v) is 10.4. The Bertz CT molecular complexity index is 538. The first kappa shape index (κ1) is 12.6. The second-order valence-corrected chi connectivity index (χ2v) is 4.82. The second-order valence-electron chi connectivity index (χ2n) is 4.82. The Kier molecular flexibility index (Phi) is 3.39. The molecule has 0 bridgehead atoms. The molecule has 0 fully saturated rings. The van der Waals surface area contributed by atoms with E-state index >= 15 is 0 Å². The first-order chi connectivity index (χ1) is 8.53. The van der Waals surface area contributed by atoms with E-state index in [2.05, 4.69) is 9.97 Å². The van der Waals surface area contributed by atoms with Crippen molar-refractivity contribution in [3.63, 3.8) is 0 Å². The number of pyridine rings is 2. The molecule has 0 aromatic carbocycles. The molecule has 18 heavy (non-hydrogen) atoms. The SMILES string of the molecule is CC(C)(CO)c1cccc(-c2ccc(F)nc2)n1. The summed E-state index contributed by atoms with van der Waals surface area (Å²) in [7, 11) is 0. The van der Waals surface area contributed by atoms with Crippen LogP contribution in [0.3, 0.4) is 0 Å². The fourth-order valence-corrected chi connectivity index (χ4v) is 1.58. The number of nitrogens with zero attached hydrogens (tertiary/aromatic N) is 2. The van der Waals surface area contributed by atoms with Gasteiger partial charge in [-0.3, -0.25) is 4.98 Å². The van der Waals surface area contributed by atoms with E-state index in [1.165, 1.54) is 12.3 Å². The molecule has 0 spiro atoms. The third kappa shape index (κ3) is 2.54. The topological polar surface area (TPSA) is 46.0 Å². The molecule has 0 aliphatic carbocycles. The van der Waals surface area contributed by atoms with Gasteiger partial charge in [0.25, 0.3) is 0 Å². The molecule has 2 rings (SSSR count). The largest absolute Gasteiger partial charge is 0.395 e. The third-order valence-corrected chi connectivity index (χ3v) is 2.86. The van der Waals surface area contributed by atoms with E-state index in [0.29, 0.717) is 0 Å². The average molecular weight is 246 g/mol. The highest BCUT2D eigenvalue weighted by Gasteiger charge is 2.21. The van der Waals surface area contributed by atoms with Crippen LogP contribution in [0.2, 0.25) is 0 Å². The molecule has 2 aromatic heterocycles. The van der Waals surface area contributed by atoms with Crippen LogP contribution in [0.25, 0.3) is 11.3 Å². The van der Waals surface area contributed by atoms with Crippen molar-refractivity contribution < 1.29 is 9.50 Å². The summed E-state index contributed by atoms with van der Waals surface area (Å²) in [5, 5.41) is 9.34. The predicted molar refractivity (Wildman–Crippen MR) is 67.5 cm³/mol. The van der Waals surface area contributed by atoms with E-state index in [0.717, 1.165) is 17.0 Å². The lowest BCUT2D eigenvalue weighted by Crippen LogP contribution is -2.23. The first-order valence-corrected chi connectivity index (χ1v) is 5.73. The molecule has 2 heterocycles. The summed E-state index contributed by atoms with van der Waals surface area (Å²) in [5.74, 6) is -0.509. The summed E-state index contributed by atoms with van der Waals surface area (Å²) in [6.45, 7) is 3.86. The van der Waals surface area contributed by atoms with E-state index < -0.39 is 11.4 Å². The van der Waals surface area contributed by atoms with Gasteiger partial charge in [-0.05, 0) is 24.3 Å². The molecule has 0 amide bonds. The third-order valence-electron chi connectivity index (χ3n) is 2.86. The normalized spacial score (nSPS) is 11.6. The van der Waals surface area contributed by atoms with Crippen LogP contribution in [0.4, 0.5) is 4.39 Å². The molecule has 0 saturated heterocycles. The number of aliphatic hydroxyl groups is 1. The number of aliphatic hydroxyl groups excluding tert-OH is 1. The number of aromatic nitrogens is 2. The highest BCUT2D eigenvalue weighted by molar-refractivity contribution is 5.57. The van der Waals surface area contributed by atoms with Crippen LogP contribution in [0.15, 0.2) is 36.5 Å². The molecule has 1 N–H and O–H groups in total. The van der Waals surface area contributed by atoms with E-state index in [-0.39, 0.29) is 6.61 Å². The lowest BCUT2D eigenvalue weighted by atomic mass is 9.89. The van der Waals surface area contributed by atoms with E-state index in [4.69, 9.17) is 0 Å². The maximum absolute atomic E-state index is 12.8. The summed E-state index contributed by atoms with van der Waals surface area (Å²) < 4.78 is 12.8. The zero-order valence-electron chi connectivity index (χ0n) is 10.4. The van der Waals surface area contributed by atoms with Crippen LogP contribution in [0.1, 0.15) is 19.5 Å². The Labute approximate surface area is 105 Å². The molecule has 0 unspecified atom stereocenters. The number of halogens is 1. The maximum Gasteiger partial charge on any atom is 0.212 e. The van der Waals surface area contributed by atoms with Crippen molar-refractivity contribution >= 4 is 0 Å². The van der Waals surface area contributed by atoms with Gasteiger partial charge in [-0.2, -0.15) is 4.39 Å². The minimum Gasteiger partial charge on any atom is -0.395 e.